The van der Waals surface area contributed by atoms with Crippen LogP contribution in [-0.4, -0.2) is 31.1 Å². The summed E-state index contributed by atoms with van der Waals surface area (Å²) in [5, 5.41) is 3.66. The van der Waals surface area contributed by atoms with Gasteiger partial charge < -0.3 is 10.2 Å². The molecular weight excluding hydrogens is 232 g/mol. The van der Waals surface area contributed by atoms with Crippen molar-refractivity contribution in [1.82, 2.24) is 4.90 Å². The number of hydrogen-bond donors (Lipinski definition) is 1. The highest BCUT2D eigenvalue weighted by atomic mass is 15.2. The Labute approximate surface area is 114 Å². The molecule has 0 radical (unpaired) electrons. The molecule has 19 heavy (non-hydrogen) atoms. The van der Waals surface area contributed by atoms with Crippen LogP contribution in [0.15, 0.2) is 48.5 Å². The summed E-state index contributed by atoms with van der Waals surface area (Å²) in [5.41, 5.74) is 5.47. The maximum absolute atomic E-state index is 3.66. The summed E-state index contributed by atoms with van der Waals surface area (Å²) >= 11 is 0. The van der Waals surface area contributed by atoms with E-state index in [0.29, 0.717) is 12.0 Å². The molecule has 2 unspecified atom stereocenters. The van der Waals surface area contributed by atoms with Gasteiger partial charge >= 0.3 is 0 Å². The van der Waals surface area contributed by atoms with Gasteiger partial charge in [-0.3, -0.25) is 0 Å². The van der Waals surface area contributed by atoms with Crippen LogP contribution >= 0.6 is 0 Å². The van der Waals surface area contributed by atoms with Gasteiger partial charge in [-0.25, -0.2) is 0 Å². The number of benzene rings is 2. The maximum atomic E-state index is 3.66. The third kappa shape index (κ3) is 1.75. The predicted octanol–water partition coefficient (Wildman–Crippen LogP) is 3.18. The van der Waals surface area contributed by atoms with Crippen molar-refractivity contribution in [2.24, 2.45) is 0 Å². The Bertz CT molecular complexity index is 606. The van der Waals surface area contributed by atoms with Gasteiger partial charge in [-0.2, -0.15) is 0 Å². The molecule has 4 rings (SSSR count). The molecule has 2 aliphatic heterocycles. The molecule has 2 aliphatic rings. The van der Waals surface area contributed by atoms with E-state index < -0.39 is 0 Å². The predicted molar refractivity (Wildman–Crippen MR) is 79.5 cm³/mol. The van der Waals surface area contributed by atoms with Crippen LogP contribution in [0.1, 0.15) is 11.5 Å². The summed E-state index contributed by atoms with van der Waals surface area (Å²) in [4.78, 5) is 2.42. The molecule has 0 aromatic heterocycles. The zero-order valence-electron chi connectivity index (χ0n) is 11.1. The lowest BCUT2D eigenvalue weighted by atomic mass is 9.94. The molecule has 2 heterocycles. The summed E-state index contributed by atoms with van der Waals surface area (Å²) in [7, 11) is 2.21. The van der Waals surface area contributed by atoms with Crippen LogP contribution in [0, 0.1) is 0 Å². The Morgan fingerprint density at radius 2 is 1.84 bits per heavy atom. The van der Waals surface area contributed by atoms with Gasteiger partial charge in [0, 0.05) is 30.7 Å². The number of likely N-dealkylation sites (tertiary alicyclic amines) is 1. The zero-order chi connectivity index (χ0) is 12.8. The topological polar surface area (TPSA) is 15.3 Å². The van der Waals surface area contributed by atoms with E-state index in [2.05, 4.69) is 65.8 Å². The van der Waals surface area contributed by atoms with Crippen LogP contribution in [0.2, 0.25) is 0 Å². The molecular formula is C17H18N2. The Morgan fingerprint density at radius 1 is 1.00 bits per heavy atom. The molecule has 1 saturated heterocycles. The average Bonchev–Trinajstić information content (AvgIpc) is 2.95. The average molecular weight is 250 g/mol. The minimum absolute atomic E-state index is 0.603. The normalized spacial score (nSPS) is 24.9. The smallest absolute Gasteiger partial charge is 0.0470 e. The number of fused-ring (bicyclic) bond motifs is 3. The van der Waals surface area contributed by atoms with E-state index in [1.807, 2.05) is 0 Å². The summed E-state index contributed by atoms with van der Waals surface area (Å²) in [5.74, 6) is 0.656. The Balaban J connectivity index is 1.76. The van der Waals surface area contributed by atoms with Gasteiger partial charge in [0.15, 0.2) is 0 Å². The molecule has 1 fully saturated rings. The van der Waals surface area contributed by atoms with E-state index in [-0.39, 0.29) is 0 Å². The second-order valence-electron chi connectivity index (χ2n) is 5.75. The fraction of sp³-hybridized carbons (Fsp3) is 0.294. The first-order valence-electron chi connectivity index (χ1n) is 6.96. The molecule has 0 bridgehead atoms. The number of nitrogens with zero attached hydrogens (tertiary/aromatic N) is 1. The van der Waals surface area contributed by atoms with E-state index in [1.54, 1.807) is 0 Å². The van der Waals surface area contributed by atoms with Gasteiger partial charge in [-0.1, -0.05) is 36.4 Å². The molecule has 2 aromatic rings. The monoisotopic (exact) mass is 250 g/mol. The lowest BCUT2D eigenvalue weighted by Crippen LogP contribution is -2.22. The van der Waals surface area contributed by atoms with Crippen LogP contribution in [0.25, 0.3) is 11.1 Å². The summed E-state index contributed by atoms with van der Waals surface area (Å²) in [6, 6.07) is 18.1. The summed E-state index contributed by atoms with van der Waals surface area (Å²) in [6.07, 6.45) is 0. The standard InChI is InChI=1S/C17H18N2/c1-19-10-15-14-9-13(12-5-3-2-4-6-12)7-8-16(14)18-17(15)11-19/h2-9,15,17-18H,10-11H2,1H3. The van der Waals surface area contributed by atoms with Gasteiger partial charge in [0.2, 0.25) is 0 Å². The molecule has 2 atom stereocenters. The van der Waals surface area contributed by atoms with E-state index >= 15 is 0 Å². The molecule has 2 heteroatoms. The van der Waals surface area contributed by atoms with Crippen LogP contribution in [0.4, 0.5) is 5.69 Å². The van der Waals surface area contributed by atoms with Crippen LogP contribution in [0.3, 0.4) is 0 Å². The van der Waals surface area contributed by atoms with Crippen LogP contribution in [-0.2, 0) is 0 Å². The highest BCUT2D eigenvalue weighted by molar-refractivity contribution is 5.71. The Kier molecular flexibility index (Phi) is 2.39. The van der Waals surface area contributed by atoms with Crippen molar-refractivity contribution < 1.29 is 0 Å². The van der Waals surface area contributed by atoms with E-state index in [0.717, 1.165) is 6.54 Å². The molecule has 0 saturated carbocycles. The molecule has 0 amide bonds. The summed E-state index contributed by atoms with van der Waals surface area (Å²) in [6.45, 7) is 2.32. The highest BCUT2D eigenvalue weighted by Gasteiger charge is 2.38. The minimum atomic E-state index is 0.603. The van der Waals surface area contributed by atoms with Gasteiger partial charge in [0.05, 0.1) is 0 Å². The zero-order valence-corrected chi connectivity index (χ0v) is 11.1. The first-order valence-corrected chi connectivity index (χ1v) is 6.96. The third-order valence-corrected chi connectivity index (χ3v) is 4.40. The molecule has 0 spiro atoms. The van der Waals surface area contributed by atoms with Crippen molar-refractivity contribution in [3.8, 4) is 11.1 Å². The Hall–Kier alpha value is -1.80. The number of nitrogens with one attached hydrogen (secondary N) is 1. The fourth-order valence-corrected chi connectivity index (χ4v) is 3.47. The van der Waals surface area contributed by atoms with E-state index in [1.165, 1.54) is 28.9 Å². The lowest BCUT2D eigenvalue weighted by molar-refractivity contribution is 0.408. The number of anilines is 1. The van der Waals surface area contributed by atoms with Gasteiger partial charge in [0.25, 0.3) is 0 Å². The molecule has 96 valence electrons. The molecule has 1 N–H and O–H groups in total. The largest absolute Gasteiger partial charge is 0.380 e. The van der Waals surface area contributed by atoms with Crippen molar-refractivity contribution in [2.45, 2.75) is 12.0 Å². The van der Waals surface area contributed by atoms with Crippen molar-refractivity contribution in [3.05, 3.63) is 54.1 Å². The molecule has 0 aliphatic carbocycles. The molecule has 2 nitrogen and oxygen atoms in total. The minimum Gasteiger partial charge on any atom is -0.380 e. The number of hydrogen-bond acceptors (Lipinski definition) is 2. The Morgan fingerprint density at radius 3 is 2.68 bits per heavy atom. The third-order valence-electron chi connectivity index (χ3n) is 4.40. The van der Waals surface area contributed by atoms with Crippen molar-refractivity contribution >= 4 is 5.69 Å². The first-order chi connectivity index (χ1) is 9.31. The quantitative estimate of drug-likeness (QED) is 0.836. The van der Waals surface area contributed by atoms with Crippen molar-refractivity contribution in [1.29, 1.82) is 0 Å². The highest BCUT2D eigenvalue weighted by Crippen LogP contribution is 2.41. The molecule has 2 aromatic carbocycles. The van der Waals surface area contributed by atoms with Gasteiger partial charge in [0.1, 0.15) is 0 Å². The maximum Gasteiger partial charge on any atom is 0.0470 e. The number of rotatable bonds is 1. The second kappa shape index (κ2) is 4.10. The van der Waals surface area contributed by atoms with Crippen molar-refractivity contribution in [3.63, 3.8) is 0 Å². The van der Waals surface area contributed by atoms with E-state index in [4.69, 9.17) is 0 Å². The first kappa shape index (κ1) is 11.1. The van der Waals surface area contributed by atoms with Crippen molar-refractivity contribution in [2.75, 3.05) is 25.5 Å². The van der Waals surface area contributed by atoms with Gasteiger partial charge in [-0.05, 0) is 35.9 Å². The SMILES string of the molecule is CN1CC2Nc3ccc(-c4ccccc4)cc3C2C1. The van der Waals surface area contributed by atoms with E-state index in [9.17, 15) is 0 Å². The lowest BCUT2D eigenvalue weighted by Gasteiger charge is -2.12. The summed E-state index contributed by atoms with van der Waals surface area (Å²) < 4.78 is 0. The number of likely N-dealkylation sites (N-methyl/N-ethyl adjacent to an activating group) is 1. The fourth-order valence-electron chi connectivity index (χ4n) is 3.47. The van der Waals surface area contributed by atoms with Crippen LogP contribution in [0.5, 0.6) is 0 Å². The second-order valence-corrected chi connectivity index (χ2v) is 5.75. The van der Waals surface area contributed by atoms with Gasteiger partial charge in [-0.15, -0.1) is 0 Å². The van der Waals surface area contributed by atoms with Crippen LogP contribution < -0.4 is 5.32 Å².